The highest BCUT2D eigenvalue weighted by Gasteiger charge is 2.16. The van der Waals surface area contributed by atoms with Gasteiger partial charge in [-0.05, 0) is 51.1 Å². The Hall–Kier alpha value is -0.0800. The molecule has 1 saturated carbocycles. The maximum Gasteiger partial charge on any atom is 0.000672 e. The van der Waals surface area contributed by atoms with Crippen LogP contribution in [-0.4, -0.2) is 31.6 Å². The predicted molar refractivity (Wildman–Crippen MR) is 71.5 cm³/mol. The molecule has 0 bridgehead atoms. The second-order valence-electron chi connectivity index (χ2n) is 5.76. The molecule has 0 amide bonds. The lowest BCUT2D eigenvalue weighted by atomic mass is 9.89. The first-order valence-corrected chi connectivity index (χ1v) is 7.11. The van der Waals surface area contributed by atoms with Crippen LogP contribution in [0.15, 0.2) is 0 Å². The summed E-state index contributed by atoms with van der Waals surface area (Å²) < 4.78 is 0. The number of hydrogen-bond donors (Lipinski definition) is 1. The third-order valence-corrected chi connectivity index (χ3v) is 3.82. The van der Waals surface area contributed by atoms with Crippen LogP contribution in [0.5, 0.6) is 0 Å². The summed E-state index contributed by atoms with van der Waals surface area (Å²) in [5.74, 6) is 1.78. The Morgan fingerprint density at radius 1 is 1.25 bits per heavy atom. The summed E-state index contributed by atoms with van der Waals surface area (Å²) in [4.78, 5) is 2.54. The van der Waals surface area contributed by atoms with Gasteiger partial charge in [-0.2, -0.15) is 0 Å². The molecule has 16 heavy (non-hydrogen) atoms. The lowest BCUT2D eigenvalue weighted by molar-refractivity contribution is 0.208. The average Bonchev–Trinajstić information content (AvgIpc) is 2.27. The normalized spacial score (nSPS) is 20.2. The van der Waals surface area contributed by atoms with Crippen LogP contribution >= 0.6 is 0 Å². The maximum atomic E-state index is 5.54. The van der Waals surface area contributed by atoms with Crippen molar-refractivity contribution in [3.05, 3.63) is 0 Å². The minimum atomic E-state index is 0.803. The Morgan fingerprint density at radius 2 is 1.94 bits per heavy atom. The molecular formula is C14H30N2. The Morgan fingerprint density at radius 3 is 2.56 bits per heavy atom. The summed E-state index contributed by atoms with van der Waals surface area (Å²) in [5.41, 5.74) is 5.54. The number of rotatable bonds is 7. The average molecular weight is 226 g/mol. The van der Waals surface area contributed by atoms with Gasteiger partial charge in [0.1, 0.15) is 0 Å². The fraction of sp³-hybridized carbons (Fsp3) is 1.00. The van der Waals surface area contributed by atoms with Gasteiger partial charge >= 0.3 is 0 Å². The molecule has 0 aliphatic heterocycles. The molecule has 1 unspecified atom stereocenters. The molecule has 0 aromatic heterocycles. The fourth-order valence-electron chi connectivity index (χ4n) is 2.97. The van der Waals surface area contributed by atoms with Gasteiger partial charge in [0.25, 0.3) is 0 Å². The topological polar surface area (TPSA) is 29.3 Å². The van der Waals surface area contributed by atoms with Gasteiger partial charge in [0.15, 0.2) is 0 Å². The lowest BCUT2D eigenvalue weighted by Crippen LogP contribution is -2.30. The standard InChI is InChI=1S/C14H30N2/c1-13(7-6-10-15)11-16(2)12-14-8-4-3-5-9-14/h13-14H,3-12,15H2,1-2H3. The van der Waals surface area contributed by atoms with Gasteiger partial charge in [-0.25, -0.2) is 0 Å². The van der Waals surface area contributed by atoms with E-state index >= 15 is 0 Å². The van der Waals surface area contributed by atoms with Gasteiger partial charge in [-0.1, -0.05) is 26.2 Å². The van der Waals surface area contributed by atoms with Gasteiger partial charge in [0.2, 0.25) is 0 Å². The number of hydrogen-bond acceptors (Lipinski definition) is 2. The van der Waals surface area contributed by atoms with Gasteiger partial charge in [0.05, 0.1) is 0 Å². The van der Waals surface area contributed by atoms with Crippen LogP contribution in [-0.2, 0) is 0 Å². The Bertz CT molecular complexity index is 164. The number of nitrogens with two attached hydrogens (primary N) is 1. The van der Waals surface area contributed by atoms with Gasteiger partial charge in [-0.3, -0.25) is 0 Å². The molecule has 0 saturated heterocycles. The van der Waals surface area contributed by atoms with E-state index < -0.39 is 0 Å². The minimum absolute atomic E-state index is 0.803. The van der Waals surface area contributed by atoms with Crippen LogP contribution in [0.2, 0.25) is 0 Å². The van der Waals surface area contributed by atoms with Crippen LogP contribution in [0.1, 0.15) is 51.9 Å². The molecule has 2 nitrogen and oxygen atoms in total. The molecule has 1 atom stereocenters. The molecule has 96 valence electrons. The molecule has 2 heteroatoms. The van der Waals surface area contributed by atoms with Gasteiger partial charge in [0, 0.05) is 13.1 Å². The van der Waals surface area contributed by atoms with Crippen molar-refractivity contribution in [1.82, 2.24) is 4.90 Å². The van der Waals surface area contributed by atoms with E-state index in [4.69, 9.17) is 5.73 Å². The molecule has 2 N–H and O–H groups in total. The molecule has 0 aromatic rings. The molecule has 1 fully saturated rings. The Labute approximate surface area is 102 Å². The quantitative estimate of drug-likeness (QED) is 0.723. The first-order valence-electron chi connectivity index (χ1n) is 7.11. The van der Waals surface area contributed by atoms with Crippen molar-refractivity contribution in [2.75, 3.05) is 26.7 Å². The maximum absolute atomic E-state index is 5.54. The van der Waals surface area contributed by atoms with Crippen molar-refractivity contribution in [3.8, 4) is 0 Å². The highest BCUT2D eigenvalue weighted by Crippen LogP contribution is 2.24. The van der Waals surface area contributed by atoms with Gasteiger partial charge < -0.3 is 10.6 Å². The van der Waals surface area contributed by atoms with E-state index in [0.717, 1.165) is 18.4 Å². The van der Waals surface area contributed by atoms with E-state index in [9.17, 15) is 0 Å². The van der Waals surface area contributed by atoms with Crippen LogP contribution in [0, 0.1) is 11.8 Å². The van der Waals surface area contributed by atoms with Crippen LogP contribution in [0.4, 0.5) is 0 Å². The summed E-state index contributed by atoms with van der Waals surface area (Å²) in [6, 6.07) is 0. The molecule has 0 aromatic carbocycles. The summed E-state index contributed by atoms with van der Waals surface area (Å²) in [5, 5.41) is 0. The van der Waals surface area contributed by atoms with E-state index in [0.29, 0.717) is 0 Å². The Kier molecular flexibility index (Phi) is 7.06. The molecular weight excluding hydrogens is 196 g/mol. The second kappa shape index (κ2) is 8.08. The first kappa shape index (κ1) is 14.0. The fourth-order valence-corrected chi connectivity index (χ4v) is 2.97. The van der Waals surface area contributed by atoms with E-state index in [1.807, 2.05) is 0 Å². The summed E-state index contributed by atoms with van der Waals surface area (Å²) >= 11 is 0. The first-order chi connectivity index (χ1) is 7.72. The van der Waals surface area contributed by atoms with Crippen molar-refractivity contribution in [2.45, 2.75) is 51.9 Å². The largest absolute Gasteiger partial charge is 0.330 e. The minimum Gasteiger partial charge on any atom is -0.330 e. The summed E-state index contributed by atoms with van der Waals surface area (Å²) in [6.45, 7) is 5.76. The molecule has 1 aliphatic carbocycles. The summed E-state index contributed by atoms with van der Waals surface area (Å²) in [7, 11) is 2.29. The highest BCUT2D eigenvalue weighted by atomic mass is 15.1. The molecule has 1 rings (SSSR count). The summed E-state index contributed by atoms with van der Waals surface area (Å²) in [6.07, 6.45) is 9.77. The smallest absolute Gasteiger partial charge is 0.000672 e. The van der Waals surface area contributed by atoms with Crippen molar-refractivity contribution < 1.29 is 0 Å². The van der Waals surface area contributed by atoms with Crippen molar-refractivity contribution in [2.24, 2.45) is 17.6 Å². The lowest BCUT2D eigenvalue weighted by Gasteiger charge is -2.28. The third kappa shape index (κ3) is 5.86. The number of nitrogens with zero attached hydrogens (tertiary/aromatic N) is 1. The van der Waals surface area contributed by atoms with E-state index in [2.05, 4.69) is 18.9 Å². The second-order valence-corrected chi connectivity index (χ2v) is 5.76. The molecule has 0 radical (unpaired) electrons. The highest BCUT2D eigenvalue weighted by molar-refractivity contribution is 4.70. The zero-order valence-electron chi connectivity index (χ0n) is 11.3. The third-order valence-electron chi connectivity index (χ3n) is 3.82. The van der Waals surface area contributed by atoms with Crippen molar-refractivity contribution in [3.63, 3.8) is 0 Å². The van der Waals surface area contributed by atoms with E-state index in [-0.39, 0.29) is 0 Å². The SMILES string of the molecule is CC(CCCN)CN(C)CC1CCCCC1. The molecule has 0 heterocycles. The Balaban J connectivity index is 2.11. The van der Waals surface area contributed by atoms with Crippen LogP contribution < -0.4 is 5.73 Å². The van der Waals surface area contributed by atoms with Crippen LogP contribution in [0.25, 0.3) is 0 Å². The predicted octanol–water partition coefficient (Wildman–Crippen LogP) is 2.87. The monoisotopic (exact) mass is 226 g/mol. The van der Waals surface area contributed by atoms with Gasteiger partial charge in [-0.15, -0.1) is 0 Å². The van der Waals surface area contributed by atoms with E-state index in [1.54, 1.807) is 0 Å². The zero-order chi connectivity index (χ0) is 11.8. The molecule has 0 spiro atoms. The van der Waals surface area contributed by atoms with Crippen molar-refractivity contribution >= 4 is 0 Å². The van der Waals surface area contributed by atoms with Crippen LogP contribution in [0.3, 0.4) is 0 Å². The van der Waals surface area contributed by atoms with Crippen molar-refractivity contribution in [1.29, 1.82) is 0 Å². The molecule has 1 aliphatic rings. The van der Waals surface area contributed by atoms with E-state index in [1.165, 1.54) is 58.0 Å². The zero-order valence-corrected chi connectivity index (χ0v) is 11.3.